The van der Waals surface area contributed by atoms with E-state index in [9.17, 15) is 9.59 Å². The minimum atomic E-state index is -0.310. The van der Waals surface area contributed by atoms with Gasteiger partial charge in [0.05, 0.1) is 4.88 Å². The molecule has 0 aliphatic carbocycles. The molecule has 0 radical (unpaired) electrons. The molecule has 1 atom stereocenters. The number of amides is 2. The number of nitrogens with one attached hydrogen (secondary N) is 2. The number of hydrogen-bond donors (Lipinski definition) is 2. The Labute approximate surface area is 141 Å². The first kappa shape index (κ1) is 16.5. The molecule has 2 saturated heterocycles. The maximum atomic E-state index is 12.6. The summed E-state index contributed by atoms with van der Waals surface area (Å²) in [4.78, 5) is 27.6. The van der Waals surface area contributed by atoms with Crippen LogP contribution in [-0.4, -0.2) is 48.9 Å². The first-order chi connectivity index (χ1) is 11.1. The zero-order chi connectivity index (χ0) is 16.3. The third kappa shape index (κ3) is 3.75. The highest BCUT2D eigenvalue weighted by atomic mass is 32.1. The molecular weight excluding hydrogens is 310 g/mol. The van der Waals surface area contributed by atoms with E-state index >= 15 is 0 Å². The summed E-state index contributed by atoms with van der Waals surface area (Å²) < 4.78 is 0. The quantitative estimate of drug-likeness (QED) is 0.883. The summed E-state index contributed by atoms with van der Waals surface area (Å²) in [6, 6.07) is 3.40. The van der Waals surface area contributed by atoms with Crippen LogP contribution in [0.15, 0.2) is 17.5 Å². The monoisotopic (exact) mass is 335 g/mol. The van der Waals surface area contributed by atoms with Crippen molar-refractivity contribution in [3.8, 4) is 0 Å². The summed E-state index contributed by atoms with van der Waals surface area (Å²) in [7, 11) is 0. The van der Waals surface area contributed by atoms with Crippen molar-refractivity contribution in [2.24, 2.45) is 5.41 Å². The summed E-state index contributed by atoms with van der Waals surface area (Å²) in [6.45, 7) is 5.63. The molecule has 2 aliphatic rings. The molecule has 0 bridgehead atoms. The Balaban J connectivity index is 1.58. The Kier molecular flexibility index (Phi) is 5.02. The maximum absolute atomic E-state index is 12.6. The molecule has 2 fully saturated rings. The van der Waals surface area contributed by atoms with Gasteiger partial charge in [-0.25, -0.2) is 0 Å². The second-order valence-electron chi connectivity index (χ2n) is 6.91. The van der Waals surface area contributed by atoms with Gasteiger partial charge in [-0.1, -0.05) is 13.0 Å². The normalized spacial score (nSPS) is 23.7. The molecule has 3 heterocycles. The maximum Gasteiger partial charge on any atom is 0.264 e. The number of nitrogens with zero attached hydrogens (tertiary/aromatic N) is 1. The molecular formula is C17H25N3O2S. The van der Waals surface area contributed by atoms with Crippen molar-refractivity contribution in [1.82, 2.24) is 15.5 Å². The average molecular weight is 335 g/mol. The van der Waals surface area contributed by atoms with Gasteiger partial charge >= 0.3 is 0 Å². The van der Waals surface area contributed by atoms with Crippen molar-refractivity contribution < 1.29 is 9.59 Å². The van der Waals surface area contributed by atoms with Crippen molar-refractivity contribution in [2.75, 3.05) is 26.2 Å². The zero-order valence-electron chi connectivity index (χ0n) is 13.6. The lowest BCUT2D eigenvalue weighted by Gasteiger charge is -2.35. The number of rotatable bonds is 4. The summed E-state index contributed by atoms with van der Waals surface area (Å²) in [5.41, 5.74) is 0.169. The number of thiophene rings is 1. The molecule has 0 aromatic carbocycles. The van der Waals surface area contributed by atoms with E-state index in [1.807, 2.05) is 17.5 Å². The standard InChI is InChI=1S/C17H25N3O2S/c1-17(6-8-18-9-7-17)12-19-15(21)13-4-2-10-20(13)16(22)14-5-3-11-23-14/h3,5,11,13,18H,2,4,6-10,12H2,1H3,(H,19,21). The highest BCUT2D eigenvalue weighted by molar-refractivity contribution is 7.12. The van der Waals surface area contributed by atoms with E-state index in [0.29, 0.717) is 13.1 Å². The van der Waals surface area contributed by atoms with Crippen LogP contribution in [0.1, 0.15) is 42.3 Å². The number of likely N-dealkylation sites (tertiary alicyclic amines) is 1. The van der Waals surface area contributed by atoms with Gasteiger partial charge in [-0.05, 0) is 55.6 Å². The first-order valence-corrected chi connectivity index (χ1v) is 9.30. The highest BCUT2D eigenvalue weighted by Crippen LogP contribution is 2.27. The van der Waals surface area contributed by atoms with Crippen molar-refractivity contribution in [2.45, 2.75) is 38.6 Å². The number of piperidine rings is 1. The molecule has 0 spiro atoms. The zero-order valence-corrected chi connectivity index (χ0v) is 14.5. The minimum Gasteiger partial charge on any atom is -0.354 e. The second-order valence-corrected chi connectivity index (χ2v) is 7.86. The van der Waals surface area contributed by atoms with E-state index in [2.05, 4.69) is 17.6 Å². The predicted octanol–water partition coefficient (Wildman–Crippen LogP) is 1.86. The molecule has 1 aromatic heterocycles. The lowest BCUT2D eigenvalue weighted by Crippen LogP contribution is -2.49. The van der Waals surface area contributed by atoms with E-state index in [4.69, 9.17) is 0 Å². The van der Waals surface area contributed by atoms with Crippen LogP contribution in [0.25, 0.3) is 0 Å². The van der Waals surface area contributed by atoms with Gasteiger partial charge in [0.25, 0.3) is 5.91 Å². The molecule has 3 rings (SSSR count). The fourth-order valence-electron chi connectivity index (χ4n) is 3.45. The number of carbonyl (C=O) groups excluding carboxylic acids is 2. The number of hydrogen-bond acceptors (Lipinski definition) is 4. The van der Waals surface area contributed by atoms with Gasteiger partial charge < -0.3 is 15.5 Å². The average Bonchev–Trinajstić information content (AvgIpc) is 3.24. The smallest absolute Gasteiger partial charge is 0.264 e. The molecule has 1 aromatic rings. The lowest BCUT2D eigenvalue weighted by molar-refractivity contribution is -0.125. The Hall–Kier alpha value is -1.40. The fourth-order valence-corrected chi connectivity index (χ4v) is 4.13. The molecule has 2 N–H and O–H groups in total. The van der Waals surface area contributed by atoms with Gasteiger partial charge in [0, 0.05) is 13.1 Å². The van der Waals surface area contributed by atoms with E-state index in [-0.39, 0.29) is 23.3 Å². The van der Waals surface area contributed by atoms with Gasteiger partial charge in [0.2, 0.25) is 5.91 Å². The SMILES string of the molecule is CC1(CNC(=O)C2CCCN2C(=O)c2cccs2)CCNCC1. The van der Waals surface area contributed by atoms with E-state index in [0.717, 1.165) is 43.6 Å². The van der Waals surface area contributed by atoms with Crippen molar-refractivity contribution in [1.29, 1.82) is 0 Å². The summed E-state index contributed by atoms with van der Waals surface area (Å²) in [6.07, 6.45) is 3.82. The van der Waals surface area contributed by atoms with E-state index < -0.39 is 0 Å². The van der Waals surface area contributed by atoms with E-state index in [1.54, 1.807) is 4.90 Å². The molecule has 5 nitrogen and oxygen atoms in total. The van der Waals surface area contributed by atoms with Crippen molar-refractivity contribution in [3.05, 3.63) is 22.4 Å². The van der Waals surface area contributed by atoms with Crippen LogP contribution in [0.5, 0.6) is 0 Å². The van der Waals surface area contributed by atoms with Crippen LogP contribution in [0.4, 0.5) is 0 Å². The molecule has 2 aliphatic heterocycles. The van der Waals surface area contributed by atoms with Crippen LogP contribution in [0, 0.1) is 5.41 Å². The highest BCUT2D eigenvalue weighted by Gasteiger charge is 2.36. The summed E-state index contributed by atoms with van der Waals surface area (Å²) in [5.74, 6) is -0.00195. The van der Waals surface area contributed by atoms with Gasteiger partial charge in [-0.2, -0.15) is 0 Å². The molecule has 1 unspecified atom stereocenters. The first-order valence-electron chi connectivity index (χ1n) is 8.42. The van der Waals surface area contributed by atoms with Gasteiger partial charge in [-0.3, -0.25) is 9.59 Å². The molecule has 23 heavy (non-hydrogen) atoms. The van der Waals surface area contributed by atoms with Crippen molar-refractivity contribution >= 4 is 23.2 Å². The minimum absolute atomic E-state index is 0.00663. The van der Waals surface area contributed by atoms with Crippen molar-refractivity contribution in [3.63, 3.8) is 0 Å². The lowest BCUT2D eigenvalue weighted by atomic mass is 9.81. The number of carbonyl (C=O) groups is 2. The Morgan fingerprint density at radius 3 is 2.91 bits per heavy atom. The van der Waals surface area contributed by atoms with Crippen LogP contribution in [0.3, 0.4) is 0 Å². The van der Waals surface area contributed by atoms with Crippen LogP contribution >= 0.6 is 11.3 Å². The molecule has 0 saturated carbocycles. The summed E-state index contributed by atoms with van der Waals surface area (Å²) in [5, 5.41) is 8.36. The third-order valence-corrected chi connectivity index (χ3v) is 5.91. The second kappa shape index (κ2) is 7.01. The van der Waals surface area contributed by atoms with Gasteiger partial charge in [-0.15, -0.1) is 11.3 Å². The van der Waals surface area contributed by atoms with Gasteiger partial charge in [0.15, 0.2) is 0 Å². The molecule has 2 amide bonds. The van der Waals surface area contributed by atoms with Crippen LogP contribution in [-0.2, 0) is 4.79 Å². The third-order valence-electron chi connectivity index (χ3n) is 5.05. The molecule has 6 heteroatoms. The van der Waals surface area contributed by atoms with Gasteiger partial charge in [0.1, 0.15) is 6.04 Å². The van der Waals surface area contributed by atoms with Crippen LogP contribution < -0.4 is 10.6 Å². The Morgan fingerprint density at radius 1 is 1.43 bits per heavy atom. The Bertz CT molecular complexity index is 552. The summed E-state index contributed by atoms with van der Waals surface area (Å²) >= 11 is 1.44. The largest absolute Gasteiger partial charge is 0.354 e. The molecule has 126 valence electrons. The fraction of sp³-hybridized carbons (Fsp3) is 0.647. The van der Waals surface area contributed by atoms with Crippen LogP contribution in [0.2, 0.25) is 0 Å². The van der Waals surface area contributed by atoms with E-state index in [1.165, 1.54) is 11.3 Å². The topological polar surface area (TPSA) is 61.4 Å². The predicted molar refractivity (Wildman–Crippen MR) is 91.6 cm³/mol. The Morgan fingerprint density at radius 2 is 2.22 bits per heavy atom.